The lowest BCUT2D eigenvalue weighted by Crippen LogP contribution is -2.90. The summed E-state index contributed by atoms with van der Waals surface area (Å²) in [6.45, 7) is 6.04. The van der Waals surface area contributed by atoms with Crippen LogP contribution in [0.2, 0.25) is 0 Å². The van der Waals surface area contributed by atoms with Crippen LogP contribution < -0.4 is 5.32 Å². The van der Waals surface area contributed by atoms with E-state index in [-0.39, 0.29) is 0 Å². The van der Waals surface area contributed by atoms with E-state index in [0.29, 0.717) is 0 Å². The Hall–Kier alpha value is -0.0400. The van der Waals surface area contributed by atoms with Crippen LogP contribution in [0.25, 0.3) is 0 Å². The van der Waals surface area contributed by atoms with E-state index in [0.717, 1.165) is 12.0 Å². The topological polar surface area (TPSA) is 16.6 Å². The Labute approximate surface area is 64.2 Å². The molecule has 0 aromatic carbocycles. The fourth-order valence-corrected chi connectivity index (χ4v) is 1.76. The van der Waals surface area contributed by atoms with Crippen molar-refractivity contribution in [1.29, 1.82) is 0 Å². The van der Waals surface area contributed by atoms with Crippen LogP contribution in [-0.2, 0) is 0 Å². The Morgan fingerprint density at radius 2 is 2.00 bits per heavy atom. The third-order valence-electron chi connectivity index (χ3n) is 2.57. The molecule has 0 aromatic heterocycles. The highest BCUT2D eigenvalue weighted by atomic mass is 14.9. The molecule has 0 amide bonds. The highest BCUT2D eigenvalue weighted by molar-refractivity contribution is 4.61. The molecule has 0 bridgehead atoms. The summed E-state index contributed by atoms with van der Waals surface area (Å²) < 4.78 is 0. The van der Waals surface area contributed by atoms with Crippen LogP contribution in [0.5, 0.6) is 0 Å². The number of nitrogens with two attached hydrogens (primary N) is 1. The minimum atomic E-state index is 0.873. The lowest BCUT2D eigenvalue weighted by molar-refractivity contribution is -0.693. The van der Waals surface area contributed by atoms with E-state index < -0.39 is 0 Å². The zero-order valence-corrected chi connectivity index (χ0v) is 7.27. The lowest BCUT2D eigenvalue weighted by Gasteiger charge is -2.15. The van der Waals surface area contributed by atoms with E-state index in [4.69, 9.17) is 0 Å². The molecule has 0 aromatic rings. The van der Waals surface area contributed by atoms with Crippen LogP contribution in [0.15, 0.2) is 0 Å². The molecule has 2 N–H and O–H groups in total. The molecule has 10 heavy (non-hydrogen) atoms. The Morgan fingerprint density at radius 3 is 2.70 bits per heavy atom. The smallest absolute Gasteiger partial charge is 0.0882 e. The molecule has 1 aliphatic rings. The largest absolute Gasteiger partial charge is 0.344 e. The third kappa shape index (κ3) is 2.30. The molecule has 1 heterocycles. The molecule has 0 saturated carbocycles. The van der Waals surface area contributed by atoms with Gasteiger partial charge in [-0.15, -0.1) is 0 Å². The minimum absolute atomic E-state index is 0.873. The highest BCUT2D eigenvalue weighted by Crippen LogP contribution is 2.09. The molecule has 0 unspecified atom stereocenters. The van der Waals surface area contributed by atoms with Crippen molar-refractivity contribution in [1.82, 2.24) is 0 Å². The van der Waals surface area contributed by atoms with Crippen LogP contribution in [0.3, 0.4) is 0 Å². The standard InChI is InChI=1S/C9H19N/c1-8(2)9-6-4-3-5-7-10-9/h8-10H,3-7H2,1-2H3/p+1/t9-/m1/s1. The zero-order chi connectivity index (χ0) is 7.40. The predicted molar refractivity (Wildman–Crippen MR) is 43.9 cm³/mol. The summed E-state index contributed by atoms with van der Waals surface area (Å²) in [6.07, 6.45) is 5.79. The Kier molecular flexibility index (Phi) is 3.20. The van der Waals surface area contributed by atoms with Crippen LogP contribution in [-0.4, -0.2) is 12.6 Å². The van der Waals surface area contributed by atoms with Crippen molar-refractivity contribution in [3.63, 3.8) is 0 Å². The van der Waals surface area contributed by atoms with Crippen molar-refractivity contribution in [2.45, 2.75) is 45.6 Å². The highest BCUT2D eigenvalue weighted by Gasteiger charge is 2.17. The van der Waals surface area contributed by atoms with E-state index in [1.165, 1.54) is 32.2 Å². The van der Waals surface area contributed by atoms with Gasteiger partial charge >= 0.3 is 0 Å². The maximum Gasteiger partial charge on any atom is 0.0882 e. The third-order valence-corrected chi connectivity index (χ3v) is 2.57. The average molecular weight is 142 g/mol. The van der Waals surface area contributed by atoms with Crippen LogP contribution >= 0.6 is 0 Å². The molecule has 1 heteroatoms. The van der Waals surface area contributed by atoms with Gasteiger partial charge in [-0.2, -0.15) is 0 Å². The Bertz CT molecular complexity index is 80.7. The summed E-state index contributed by atoms with van der Waals surface area (Å²) in [5.74, 6) is 0.873. The normalized spacial score (nSPS) is 28.5. The van der Waals surface area contributed by atoms with Crippen LogP contribution in [0.1, 0.15) is 39.5 Å². The molecule has 0 aliphatic carbocycles. The second-order valence-electron chi connectivity index (χ2n) is 3.78. The van der Waals surface area contributed by atoms with Gasteiger partial charge in [-0.05, 0) is 25.7 Å². The molecule has 1 rings (SSSR count). The summed E-state index contributed by atoms with van der Waals surface area (Å²) in [7, 11) is 0. The van der Waals surface area contributed by atoms with E-state index in [1.807, 2.05) is 0 Å². The van der Waals surface area contributed by atoms with Gasteiger partial charge in [-0.25, -0.2) is 0 Å². The number of rotatable bonds is 1. The van der Waals surface area contributed by atoms with Gasteiger partial charge in [0.1, 0.15) is 0 Å². The summed E-state index contributed by atoms with van der Waals surface area (Å²) in [4.78, 5) is 0. The second-order valence-corrected chi connectivity index (χ2v) is 3.78. The first-order valence-electron chi connectivity index (χ1n) is 4.64. The minimum Gasteiger partial charge on any atom is -0.344 e. The second kappa shape index (κ2) is 3.97. The molecule has 0 radical (unpaired) electrons. The van der Waals surface area contributed by atoms with Crippen LogP contribution in [0, 0.1) is 5.92 Å². The predicted octanol–water partition coefficient (Wildman–Crippen LogP) is 1.15. The van der Waals surface area contributed by atoms with Gasteiger partial charge in [0.05, 0.1) is 12.6 Å². The van der Waals surface area contributed by atoms with Crippen molar-refractivity contribution in [2.75, 3.05) is 6.54 Å². The van der Waals surface area contributed by atoms with Crippen molar-refractivity contribution in [3.8, 4) is 0 Å². The molecule has 60 valence electrons. The van der Waals surface area contributed by atoms with Gasteiger partial charge in [0.15, 0.2) is 0 Å². The van der Waals surface area contributed by atoms with Crippen LogP contribution in [0.4, 0.5) is 0 Å². The van der Waals surface area contributed by atoms with Crippen molar-refractivity contribution in [2.24, 2.45) is 5.92 Å². The zero-order valence-electron chi connectivity index (χ0n) is 7.27. The van der Waals surface area contributed by atoms with E-state index in [2.05, 4.69) is 19.2 Å². The molecule has 1 nitrogen and oxygen atoms in total. The SMILES string of the molecule is CC(C)[C@H]1CCCCC[NH2+]1. The summed E-state index contributed by atoms with van der Waals surface area (Å²) in [6, 6.07) is 0.919. The summed E-state index contributed by atoms with van der Waals surface area (Å²) in [5, 5.41) is 2.54. The monoisotopic (exact) mass is 142 g/mol. The quantitative estimate of drug-likeness (QED) is 0.565. The van der Waals surface area contributed by atoms with Crippen molar-refractivity contribution in [3.05, 3.63) is 0 Å². The van der Waals surface area contributed by atoms with E-state index >= 15 is 0 Å². The average Bonchev–Trinajstić information content (AvgIpc) is 2.12. The molecular formula is C9H20N+. The number of hydrogen-bond acceptors (Lipinski definition) is 0. The molecule has 1 atom stereocenters. The van der Waals surface area contributed by atoms with Crippen molar-refractivity contribution >= 4 is 0 Å². The summed E-state index contributed by atoms with van der Waals surface area (Å²) >= 11 is 0. The van der Waals surface area contributed by atoms with Gasteiger partial charge in [0, 0.05) is 5.92 Å². The molecule has 1 fully saturated rings. The maximum absolute atomic E-state index is 2.54. The van der Waals surface area contributed by atoms with Crippen molar-refractivity contribution < 1.29 is 5.32 Å². The van der Waals surface area contributed by atoms with Gasteiger partial charge < -0.3 is 5.32 Å². The fraction of sp³-hybridized carbons (Fsp3) is 1.00. The summed E-state index contributed by atoms with van der Waals surface area (Å²) in [5.41, 5.74) is 0. The Balaban J connectivity index is 2.28. The molecule has 1 saturated heterocycles. The lowest BCUT2D eigenvalue weighted by atomic mass is 10.00. The van der Waals surface area contributed by atoms with E-state index in [9.17, 15) is 0 Å². The van der Waals surface area contributed by atoms with Gasteiger partial charge in [0.2, 0.25) is 0 Å². The first-order valence-corrected chi connectivity index (χ1v) is 4.64. The number of hydrogen-bond donors (Lipinski definition) is 1. The first-order chi connectivity index (χ1) is 4.80. The fourth-order valence-electron chi connectivity index (χ4n) is 1.76. The molecular weight excluding hydrogens is 122 g/mol. The van der Waals surface area contributed by atoms with Gasteiger partial charge in [-0.3, -0.25) is 0 Å². The molecule has 1 aliphatic heterocycles. The first kappa shape index (κ1) is 8.06. The Morgan fingerprint density at radius 1 is 1.20 bits per heavy atom. The number of quaternary nitrogens is 1. The van der Waals surface area contributed by atoms with Gasteiger partial charge in [-0.1, -0.05) is 13.8 Å². The van der Waals surface area contributed by atoms with Gasteiger partial charge in [0.25, 0.3) is 0 Å². The molecule has 0 spiro atoms. The maximum atomic E-state index is 2.54. The van der Waals surface area contributed by atoms with E-state index in [1.54, 1.807) is 0 Å².